The molecule has 49 heavy (non-hydrogen) atoms. The molecule has 2 heterocycles. The van der Waals surface area contributed by atoms with Crippen LogP contribution in [0.25, 0.3) is 0 Å². The van der Waals surface area contributed by atoms with Crippen LogP contribution in [0.2, 0.25) is 0 Å². The second-order valence-corrected chi connectivity index (χ2v) is 15.2. The Morgan fingerprint density at radius 3 is 2.14 bits per heavy atom. The van der Waals surface area contributed by atoms with Gasteiger partial charge in [0.2, 0.25) is 5.88 Å². The Bertz CT molecular complexity index is 2060. The third kappa shape index (κ3) is 5.43. The highest BCUT2D eigenvalue weighted by Gasteiger charge is 2.43. The third-order valence-corrected chi connectivity index (χ3v) is 11.5. The fourth-order valence-electron chi connectivity index (χ4n) is 7.80. The first-order chi connectivity index (χ1) is 23.7. The van der Waals surface area contributed by atoms with E-state index < -0.39 is 27.5 Å². The van der Waals surface area contributed by atoms with Crippen LogP contribution in [0.1, 0.15) is 62.8 Å². The molecule has 8 nitrogen and oxygen atoms in total. The molecule has 0 spiro atoms. The van der Waals surface area contributed by atoms with Gasteiger partial charge in [0, 0.05) is 24.4 Å². The number of halogens is 1. The van der Waals surface area contributed by atoms with Gasteiger partial charge in [0.15, 0.2) is 10.6 Å². The van der Waals surface area contributed by atoms with E-state index in [0.717, 1.165) is 58.2 Å². The van der Waals surface area contributed by atoms with Crippen molar-refractivity contribution in [3.05, 3.63) is 142 Å². The standard InChI is InChI=1S/C39H38FN5O3S/c1-25-23-45-38(48-24-25)36(35(43-45)37(46)42-34-32-19-11-12-26(32)20-27-21-31(40)22-33(27)34)49(41,47)44-39(28-13-5-2-6-14-28,29-15-7-3-8-16-29)30-17-9-4-10-18-30/h2-10,13-18,20,25,31H,11-12,19,21-24H2,1H3,(H,42,46)(H2,41,44,47)/t25?,31-,49?/m1/s1. The van der Waals surface area contributed by atoms with Crippen molar-refractivity contribution in [3.8, 4) is 5.88 Å². The number of hydrogen-bond acceptors (Lipinski definition) is 5. The van der Waals surface area contributed by atoms with Crippen molar-refractivity contribution in [2.75, 3.05) is 11.9 Å². The van der Waals surface area contributed by atoms with Gasteiger partial charge >= 0.3 is 0 Å². The molecule has 0 fully saturated rings. The van der Waals surface area contributed by atoms with Crippen LogP contribution in [0.3, 0.4) is 0 Å². The maximum atomic E-state index is 15.3. The van der Waals surface area contributed by atoms with Crippen molar-refractivity contribution < 1.29 is 18.1 Å². The van der Waals surface area contributed by atoms with Crippen molar-refractivity contribution in [2.45, 2.75) is 62.2 Å². The molecule has 1 aliphatic heterocycles. The maximum Gasteiger partial charge on any atom is 0.277 e. The normalized spacial score (nSPS) is 19.3. The molecule has 1 aromatic heterocycles. The number of carbonyl (C=O) groups is 1. The number of carbonyl (C=O) groups excluding carboxylic acids is 1. The largest absolute Gasteiger partial charge is 0.477 e. The second kappa shape index (κ2) is 12.3. The molecule has 1 amide bonds. The van der Waals surface area contributed by atoms with E-state index in [2.05, 4.69) is 21.2 Å². The van der Waals surface area contributed by atoms with E-state index in [1.54, 1.807) is 4.68 Å². The maximum absolute atomic E-state index is 15.3. The number of hydrogen-bond donors (Lipinski definition) is 3. The monoisotopic (exact) mass is 675 g/mol. The van der Waals surface area contributed by atoms with Gasteiger partial charge in [-0.3, -0.25) is 4.79 Å². The third-order valence-electron chi connectivity index (χ3n) is 9.98. The minimum absolute atomic E-state index is 0.0881. The number of aromatic nitrogens is 2. The van der Waals surface area contributed by atoms with Crippen LogP contribution in [-0.4, -0.2) is 32.7 Å². The first-order valence-corrected chi connectivity index (χ1v) is 18.4. The Morgan fingerprint density at radius 1 is 0.918 bits per heavy atom. The summed E-state index contributed by atoms with van der Waals surface area (Å²) in [6, 6.07) is 30.9. The zero-order chi connectivity index (χ0) is 33.8. The van der Waals surface area contributed by atoms with Crippen molar-refractivity contribution >= 4 is 21.5 Å². The van der Waals surface area contributed by atoms with Crippen LogP contribution in [0.4, 0.5) is 10.1 Å². The molecule has 2 aliphatic carbocycles. The molecule has 3 N–H and O–H groups in total. The Hall–Kier alpha value is -4.80. The van der Waals surface area contributed by atoms with E-state index in [9.17, 15) is 14.0 Å². The second-order valence-electron chi connectivity index (χ2n) is 13.4. The number of nitrogens with zero attached hydrogens (tertiary/aromatic N) is 2. The lowest BCUT2D eigenvalue weighted by molar-refractivity contribution is 0.101. The Labute approximate surface area is 285 Å². The molecule has 2 unspecified atom stereocenters. The zero-order valence-electron chi connectivity index (χ0n) is 27.2. The average Bonchev–Trinajstić information content (AvgIpc) is 3.85. The summed E-state index contributed by atoms with van der Waals surface area (Å²) in [5.74, 6) is -0.360. The van der Waals surface area contributed by atoms with Crippen LogP contribution in [0, 0.1) is 10.7 Å². The highest BCUT2D eigenvalue weighted by Crippen LogP contribution is 2.42. The molecule has 10 heteroatoms. The van der Waals surface area contributed by atoms with E-state index in [0.29, 0.717) is 25.3 Å². The SMILES string of the molecule is CC1COc2c(S(=N)(=O)NC(c3ccccc3)(c3ccccc3)c3ccccc3)c(C(=O)Nc3c4c(cc5c3C[C@H](F)C5)CCC4)nn2C1. The van der Waals surface area contributed by atoms with Crippen molar-refractivity contribution in [1.29, 1.82) is 4.78 Å². The molecule has 0 bridgehead atoms. The smallest absolute Gasteiger partial charge is 0.277 e. The molecule has 0 radical (unpaired) electrons. The summed E-state index contributed by atoms with van der Waals surface area (Å²) in [5.41, 5.74) is 5.45. The van der Waals surface area contributed by atoms with Crippen LogP contribution in [0.15, 0.2) is 102 Å². The minimum Gasteiger partial charge on any atom is -0.477 e. The van der Waals surface area contributed by atoms with Gasteiger partial charge in [-0.05, 0) is 58.2 Å². The van der Waals surface area contributed by atoms with Crippen LogP contribution >= 0.6 is 0 Å². The lowest BCUT2D eigenvalue weighted by Gasteiger charge is -2.37. The van der Waals surface area contributed by atoms with Gasteiger partial charge < -0.3 is 10.1 Å². The number of fused-ring (bicyclic) bond motifs is 3. The predicted molar refractivity (Wildman–Crippen MR) is 187 cm³/mol. The first kappa shape index (κ1) is 31.5. The zero-order valence-corrected chi connectivity index (χ0v) is 28.1. The average molecular weight is 676 g/mol. The Kier molecular flexibility index (Phi) is 7.88. The highest BCUT2D eigenvalue weighted by atomic mass is 32.2. The number of anilines is 1. The quantitative estimate of drug-likeness (QED) is 0.154. The van der Waals surface area contributed by atoms with Gasteiger partial charge in [-0.15, -0.1) is 0 Å². The van der Waals surface area contributed by atoms with Gasteiger partial charge in [0.1, 0.15) is 21.6 Å². The van der Waals surface area contributed by atoms with Crippen LogP contribution < -0.4 is 14.8 Å². The first-order valence-electron chi connectivity index (χ1n) is 16.8. The van der Waals surface area contributed by atoms with Gasteiger partial charge in [-0.25, -0.2) is 22.8 Å². The molecule has 3 atom stereocenters. The van der Waals surface area contributed by atoms with Gasteiger partial charge in [-0.1, -0.05) is 104 Å². The number of rotatable bonds is 8. The summed E-state index contributed by atoms with van der Waals surface area (Å²) in [7, 11) is -4.06. The summed E-state index contributed by atoms with van der Waals surface area (Å²) in [5, 5.41) is 7.78. The van der Waals surface area contributed by atoms with E-state index in [4.69, 9.17) is 4.74 Å². The summed E-state index contributed by atoms with van der Waals surface area (Å²) in [6.07, 6.45) is 2.18. The van der Waals surface area contributed by atoms with Crippen molar-refractivity contribution in [2.24, 2.45) is 5.92 Å². The highest BCUT2D eigenvalue weighted by molar-refractivity contribution is 7.90. The summed E-state index contributed by atoms with van der Waals surface area (Å²) >= 11 is 0. The Balaban J connectivity index is 1.29. The summed E-state index contributed by atoms with van der Waals surface area (Å²) < 4.78 is 50.8. The van der Waals surface area contributed by atoms with E-state index in [1.807, 2.05) is 97.9 Å². The van der Waals surface area contributed by atoms with Crippen molar-refractivity contribution in [3.63, 3.8) is 0 Å². The fraction of sp³-hybridized carbons (Fsp3) is 0.282. The number of amides is 1. The lowest BCUT2D eigenvalue weighted by atomic mass is 9.78. The summed E-state index contributed by atoms with van der Waals surface area (Å²) in [4.78, 5) is 14.4. The fourth-order valence-corrected chi connectivity index (χ4v) is 9.50. The lowest BCUT2D eigenvalue weighted by Crippen LogP contribution is -2.47. The van der Waals surface area contributed by atoms with Crippen LogP contribution in [0.5, 0.6) is 5.88 Å². The Morgan fingerprint density at radius 2 is 1.53 bits per heavy atom. The molecule has 0 saturated carbocycles. The topological polar surface area (TPSA) is 109 Å². The molecular formula is C39H38FN5O3S. The van der Waals surface area contributed by atoms with E-state index >= 15 is 4.21 Å². The van der Waals surface area contributed by atoms with E-state index in [1.165, 1.54) is 0 Å². The van der Waals surface area contributed by atoms with Gasteiger partial charge in [0.05, 0.1) is 13.2 Å². The molecule has 8 rings (SSSR count). The number of aryl methyl sites for hydroxylation is 1. The number of nitrogens with one attached hydrogen (secondary N) is 3. The van der Waals surface area contributed by atoms with Crippen molar-refractivity contribution in [1.82, 2.24) is 14.5 Å². The van der Waals surface area contributed by atoms with Gasteiger partial charge in [-0.2, -0.15) is 5.10 Å². The van der Waals surface area contributed by atoms with Crippen LogP contribution in [-0.2, 0) is 47.7 Å². The molecule has 0 saturated heterocycles. The number of alkyl halides is 1. The number of ether oxygens (including phenoxy) is 1. The molecule has 4 aromatic carbocycles. The minimum atomic E-state index is -4.06. The molecule has 3 aliphatic rings. The predicted octanol–water partition coefficient (Wildman–Crippen LogP) is 6.99. The molecule has 250 valence electrons. The summed E-state index contributed by atoms with van der Waals surface area (Å²) in [6.45, 7) is 2.77. The molecular weight excluding hydrogens is 638 g/mol. The van der Waals surface area contributed by atoms with Gasteiger partial charge in [0.25, 0.3) is 5.91 Å². The van der Waals surface area contributed by atoms with E-state index in [-0.39, 0.29) is 28.8 Å². The molecule has 5 aromatic rings. The number of benzene rings is 4.